The lowest BCUT2D eigenvalue weighted by molar-refractivity contribution is 0.248. The first-order chi connectivity index (χ1) is 7.71. The highest BCUT2D eigenvalue weighted by Gasteiger charge is 2.37. The summed E-state index contributed by atoms with van der Waals surface area (Å²) in [4.78, 5) is 0. The summed E-state index contributed by atoms with van der Waals surface area (Å²) in [6, 6.07) is 11.8. The second-order valence-electron chi connectivity index (χ2n) is 4.69. The zero-order valence-corrected chi connectivity index (χ0v) is 9.11. The molecule has 0 amide bonds. The van der Waals surface area contributed by atoms with Crippen molar-refractivity contribution >= 4 is 10.8 Å². The molecular formula is C14H15NO. The Labute approximate surface area is 94.7 Å². The summed E-state index contributed by atoms with van der Waals surface area (Å²) in [6.07, 6.45) is 3.09. The third-order valence-electron chi connectivity index (χ3n) is 3.65. The molecule has 2 nitrogen and oxygen atoms in total. The summed E-state index contributed by atoms with van der Waals surface area (Å²) < 4.78 is 0. The van der Waals surface area contributed by atoms with E-state index < -0.39 is 0 Å². The molecule has 0 aromatic heterocycles. The van der Waals surface area contributed by atoms with Gasteiger partial charge in [-0.15, -0.1) is 0 Å². The largest absolute Gasteiger partial charge is 0.508 e. The van der Waals surface area contributed by atoms with Crippen LogP contribution in [0.2, 0.25) is 0 Å². The average molecular weight is 213 g/mol. The number of aromatic hydroxyl groups is 1. The van der Waals surface area contributed by atoms with Crippen LogP contribution in [-0.4, -0.2) is 5.11 Å². The van der Waals surface area contributed by atoms with Gasteiger partial charge in [0, 0.05) is 11.1 Å². The fourth-order valence-corrected chi connectivity index (χ4v) is 2.59. The van der Waals surface area contributed by atoms with Gasteiger partial charge in [-0.05, 0) is 36.1 Å². The van der Waals surface area contributed by atoms with Gasteiger partial charge in [-0.2, -0.15) is 0 Å². The van der Waals surface area contributed by atoms with Crippen molar-refractivity contribution in [3.63, 3.8) is 0 Å². The number of phenols is 1. The van der Waals surface area contributed by atoms with Gasteiger partial charge in [0.25, 0.3) is 0 Å². The standard InChI is InChI=1S/C14H15NO/c15-14(8-3-9-14)13-11-5-2-1-4-10(11)6-7-12(13)16/h1-2,4-7,16H,3,8-9,15H2. The van der Waals surface area contributed by atoms with Crippen molar-refractivity contribution in [1.82, 2.24) is 0 Å². The van der Waals surface area contributed by atoms with E-state index in [1.807, 2.05) is 24.3 Å². The molecule has 1 fully saturated rings. The Morgan fingerprint density at radius 3 is 2.50 bits per heavy atom. The molecule has 0 heterocycles. The highest BCUT2D eigenvalue weighted by Crippen LogP contribution is 2.45. The molecule has 2 heteroatoms. The van der Waals surface area contributed by atoms with Crippen LogP contribution in [0.4, 0.5) is 0 Å². The fraction of sp³-hybridized carbons (Fsp3) is 0.286. The van der Waals surface area contributed by atoms with E-state index in [0.29, 0.717) is 5.75 Å². The molecule has 0 atom stereocenters. The smallest absolute Gasteiger partial charge is 0.121 e. The lowest BCUT2D eigenvalue weighted by atomic mass is 9.71. The maximum atomic E-state index is 10.0. The van der Waals surface area contributed by atoms with Crippen LogP contribution in [0.25, 0.3) is 10.8 Å². The molecule has 3 rings (SSSR count). The molecule has 0 radical (unpaired) electrons. The summed E-state index contributed by atoms with van der Waals surface area (Å²) in [5.41, 5.74) is 6.94. The molecule has 3 N–H and O–H groups in total. The number of rotatable bonds is 1. The van der Waals surface area contributed by atoms with Gasteiger partial charge in [0.05, 0.1) is 0 Å². The van der Waals surface area contributed by atoms with Crippen LogP contribution in [0.1, 0.15) is 24.8 Å². The number of hydrogen-bond donors (Lipinski definition) is 2. The molecule has 1 aliphatic rings. The van der Waals surface area contributed by atoms with Crippen molar-refractivity contribution in [2.24, 2.45) is 5.73 Å². The SMILES string of the molecule is NC1(c2c(O)ccc3ccccc23)CCC1. The lowest BCUT2D eigenvalue weighted by Gasteiger charge is -2.39. The molecule has 82 valence electrons. The predicted molar refractivity (Wildman–Crippen MR) is 65.3 cm³/mol. The Hall–Kier alpha value is -1.54. The zero-order valence-electron chi connectivity index (χ0n) is 9.11. The number of benzene rings is 2. The first-order valence-corrected chi connectivity index (χ1v) is 5.71. The fourth-order valence-electron chi connectivity index (χ4n) is 2.59. The molecule has 0 aliphatic heterocycles. The first kappa shape index (κ1) is 9.67. The highest BCUT2D eigenvalue weighted by molar-refractivity contribution is 5.88. The minimum atomic E-state index is -0.315. The van der Waals surface area contributed by atoms with Crippen molar-refractivity contribution in [2.45, 2.75) is 24.8 Å². The molecule has 0 unspecified atom stereocenters. The molecule has 2 aromatic carbocycles. The van der Waals surface area contributed by atoms with Crippen molar-refractivity contribution in [1.29, 1.82) is 0 Å². The van der Waals surface area contributed by atoms with E-state index in [0.717, 1.165) is 35.6 Å². The molecule has 2 aromatic rings. The summed E-state index contributed by atoms with van der Waals surface area (Å²) in [5, 5.41) is 12.3. The number of nitrogens with two attached hydrogens (primary N) is 1. The van der Waals surface area contributed by atoms with E-state index in [4.69, 9.17) is 5.73 Å². The van der Waals surface area contributed by atoms with E-state index in [-0.39, 0.29) is 5.54 Å². The summed E-state index contributed by atoms with van der Waals surface area (Å²) in [6.45, 7) is 0. The second kappa shape index (κ2) is 3.22. The minimum absolute atomic E-state index is 0.315. The Bertz CT molecular complexity index is 543. The van der Waals surface area contributed by atoms with Gasteiger partial charge in [0.15, 0.2) is 0 Å². The van der Waals surface area contributed by atoms with E-state index >= 15 is 0 Å². The summed E-state index contributed by atoms with van der Waals surface area (Å²) in [7, 11) is 0. The van der Waals surface area contributed by atoms with E-state index in [1.165, 1.54) is 0 Å². The second-order valence-corrected chi connectivity index (χ2v) is 4.69. The molecule has 0 saturated heterocycles. The van der Waals surface area contributed by atoms with Crippen molar-refractivity contribution in [3.8, 4) is 5.75 Å². The maximum Gasteiger partial charge on any atom is 0.121 e. The third-order valence-corrected chi connectivity index (χ3v) is 3.65. The topological polar surface area (TPSA) is 46.2 Å². The van der Waals surface area contributed by atoms with E-state index in [9.17, 15) is 5.11 Å². The van der Waals surface area contributed by atoms with Gasteiger partial charge >= 0.3 is 0 Å². The molecule has 16 heavy (non-hydrogen) atoms. The van der Waals surface area contributed by atoms with Crippen LogP contribution in [0.5, 0.6) is 5.75 Å². The van der Waals surface area contributed by atoms with Gasteiger partial charge < -0.3 is 10.8 Å². The van der Waals surface area contributed by atoms with Crippen LogP contribution in [0.3, 0.4) is 0 Å². The summed E-state index contributed by atoms with van der Waals surface area (Å²) >= 11 is 0. The Balaban J connectivity index is 2.32. The normalized spacial score (nSPS) is 18.3. The van der Waals surface area contributed by atoms with Crippen LogP contribution in [0.15, 0.2) is 36.4 Å². The number of fused-ring (bicyclic) bond motifs is 1. The maximum absolute atomic E-state index is 10.0. The first-order valence-electron chi connectivity index (χ1n) is 5.71. The van der Waals surface area contributed by atoms with Crippen molar-refractivity contribution in [3.05, 3.63) is 42.0 Å². The van der Waals surface area contributed by atoms with E-state index in [1.54, 1.807) is 6.07 Å². The molecular weight excluding hydrogens is 198 g/mol. The van der Waals surface area contributed by atoms with Crippen LogP contribution in [0, 0.1) is 0 Å². The van der Waals surface area contributed by atoms with E-state index in [2.05, 4.69) is 6.07 Å². The molecule has 1 saturated carbocycles. The Morgan fingerprint density at radius 1 is 1.06 bits per heavy atom. The van der Waals surface area contributed by atoms with Crippen LogP contribution in [-0.2, 0) is 5.54 Å². The quantitative estimate of drug-likeness (QED) is 0.765. The Kier molecular flexibility index (Phi) is 1.95. The minimum Gasteiger partial charge on any atom is -0.508 e. The zero-order chi connectivity index (χ0) is 11.2. The third kappa shape index (κ3) is 1.23. The summed E-state index contributed by atoms with van der Waals surface area (Å²) in [5.74, 6) is 0.334. The molecule has 1 aliphatic carbocycles. The van der Waals surface area contributed by atoms with Crippen LogP contribution < -0.4 is 5.73 Å². The average Bonchev–Trinajstić information content (AvgIpc) is 2.26. The Morgan fingerprint density at radius 2 is 1.81 bits per heavy atom. The lowest BCUT2D eigenvalue weighted by Crippen LogP contribution is -2.43. The van der Waals surface area contributed by atoms with Crippen molar-refractivity contribution in [2.75, 3.05) is 0 Å². The van der Waals surface area contributed by atoms with Gasteiger partial charge in [0.2, 0.25) is 0 Å². The van der Waals surface area contributed by atoms with Crippen LogP contribution >= 0.6 is 0 Å². The van der Waals surface area contributed by atoms with Gasteiger partial charge in [-0.3, -0.25) is 0 Å². The molecule has 0 bridgehead atoms. The van der Waals surface area contributed by atoms with Gasteiger partial charge in [-0.25, -0.2) is 0 Å². The number of phenolic OH excluding ortho intramolecular Hbond substituents is 1. The highest BCUT2D eigenvalue weighted by atomic mass is 16.3. The monoisotopic (exact) mass is 213 g/mol. The molecule has 0 spiro atoms. The van der Waals surface area contributed by atoms with Gasteiger partial charge in [0.1, 0.15) is 5.75 Å². The van der Waals surface area contributed by atoms with Gasteiger partial charge in [-0.1, -0.05) is 30.3 Å². The van der Waals surface area contributed by atoms with Crippen molar-refractivity contribution < 1.29 is 5.11 Å². The predicted octanol–water partition coefficient (Wildman–Crippen LogP) is 2.88. The number of hydrogen-bond acceptors (Lipinski definition) is 2.